The molecular weight excluding hydrogens is 284 g/mol. The fraction of sp³-hybridized carbons (Fsp3) is 0.158. The lowest BCUT2D eigenvalue weighted by atomic mass is 9.81. The van der Waals surface area contributed by atoms with Crippen molar-refractivity contribution in [2.45, 2.75) is 19.6 Å². The van der Waals surface area contributed by atoms with Crippen LogP contribution in [-0.2, 0) is 0 Å². The van der Waals surface area contributed by atoms with Crippen molar-refractivity contribution < 1.29 is 0 Å². The van der Waals surface area contributed by atoms with Gasteiger partial charge in [-0.25, -0.2) is 0 Å². The molecule has 0 spiro atoms. The molecule has 0 fully saturated rings. The maximum atomic E-state index is 8.56. The molecule has 2 N–H and O–H groups in total. The molecule has 0 amide bonds. The fourth-order valence-corrected chi connectivity index (χ4v) is 3.10. The van der Waals surface area contributed by atoms with Crippen LogP contribution < -0.4 is 0 Å². The summed E-state index contributed by atoms with van der Waals surface area (Å²) in [6.07, 6.45) is 0. The first-order valence-corrected chi connectivity index (χ1v) is 10.8. The Labute approximate surface area is 132 Å². The number of hydrogen-bond acceptors (Lipinski definition) is 2. The van der Waals surface area contributed by atoms with Crippen molar-refractivity contribution >= 4 is 19.5 Å². The number of nitrogens with one attached hydrogen (secondary N) is 2. The van der Waals surface area contributed by atoms with Crippen LogP contribution in [0.3, 0.4) is 0 Å². The Morgan fingerprint density at radius 3 is 2.00 bits per heavy atom. The standard InChI is InChI=1S/C19H18N2Si/c1-22(2,3)12-11-13-7-6-10-16-17(13)19(21)15-9-5-4-8-14(15)18(16)20/h4-10,20-21H,1-3H3. The van der Waals surface area contributed by atoms with E-state index in [1.165, 1.54) is 0 Å². The van der Waals surface area contributed by atoms with Gasteiger partial charge in [0.15, 0.2) is 0 Å². The predicted octanol–water partition coefficient (Wildman–Crippen LogP) is 4.06. The van der Waals surface area contributed by atoms with Gasteiger partial charge in [0.1, 0.15) is 8.07 Å². The van der Waals surface area contributed by atoms with Gasteiger partial charge in [-0.1, -0.05) is 62.0 Å². The van der Waals surface area contributed by atoms with E-state index in [2.05, 4.69) is 31.1 Å². The molecule has 0 bridgehead atoms. The molecule has 0 unspecified atom stereocenters. The van der Waals surface area contributed by atoms with Gasteiger partial charge in [0.05, 0.1) is 11.4 Å². The lowest BCUT2D eigenvalue weighted by Gasteiger charge is -2.22. The second kappa shape index (κ2) is 5.08. The van der Waals surface area contributed by atoms with E-state index in [0.29, 0.717) is 11.4 Å². The maximum absolute atomic E-state index is 8.56. The molecule has 0 saturated heterocycles. The SMILES string of the molecule is C[Si](C)(C)C#Cc1cccc2c1C(=N)c1ccccc1C2=N. The van der Waals surface area contributed by atoms with Crippen molar-refractivity contribution in [1.82, 2.24) is 0 Å². The quantitative estimate of drug-likeness (QED) is 0.465. The minimum absolute atomic E-state index is 0.474. The van der Waals surface area contributed by atoms with Crippen LogP contribution in [0.1, 0.15) is 27.8 Å². The molecule has 0 atom stereocenters. The summed E-state index contributed by atoms with van der Waals surface area (Å²) in [5.74, 6) is 3.27. The minimum atomic E-state index is -1.48. The summed E-state index contributed by atoms with van der Waals surface area (Å²) in [5, 5.41) is 17.0. The van der Waals surface area contributed by atoms with Crippen LogP contribution in [0.25, 0.3) is 0 Å². The highest BCUT2D eigenvalue weighted by Gasteiger charge is 2.26. The first-order chi connectivity index (χ1) is 10.4. The topological polar surface area (TPSA) is 47.7 Å². The maximum Gasteiger partial charge on any atom is 0.129 e. The molecule has 2 aromatic carbocycles. The van der Waals surface area contributed by atoms with Crippen LogP contribution in [0, 0.1) is 22.3 Å². The minimum Gasteiger partial charge on any atom is -0.300 e. The lowest BCUT2D eigenvalue weighted by Crippen LogP contribution is -2.22. The van der Waals surface area contributed by atoms with Gasteiger partial charge in [0.25, 0.3) is 0 Å². The highest BCUT2D eigenvalue weighted by atomic mass is 28.3. The third kappa shape index (κ3) is 2.42. The molecule has 1 aliphatic rings. The zero-order chi connectivity index (χ0) is 15.9. The molecule has 3 rings (SSSR count). The van der Waals surface area contributed by atoms with Gasteiger partial charge in [-0.3, -0.25) is 10.8 Å². The van der Waals surface area contributed by atoms with E-state index in [9.17, 15) is 0 Å². The Hall–Kier alpha value is -2.44. The summed E-state index contributed by atoms with van der Waals surface area (Å²) in [4.78, 5) is 0. The van der Waals surface area contributed by atoms with Gasteiger partial charge in [-0.05, 0) is 6.07 Å². The number of rotatable bonds is 0. The number of fused-ring (bicyclic) bond motifs is 2. The Morgan fingerprint density at radius 2 is 1.36 bits per heavy atom. The van der Waals surface area contributed by atoms with E-state index in [0.717, 1.165) is 27.8 Å². The molecule has 2 nitrogen and oxygen atoms in total. The third-order valence-corrected chi connectivity index (χ3v) is 4.50. The van der Waals surface area contributed by atoms with Crippen molar-refractivity contribution in [3.8, 4) is 11.5 Å². The van der Waals surface area contributed by atoms with E-state index < -0.39 is 8.07 Å². The summed E-state index contributed by atoms with van der Waals surface area (Å²) in [5.41, 5.74) is 8.46. The summed E-state index contributed by atoms with van der Waals surface area (Å²) in [6, 6.07) is 13.5. The molecule has 22 heavy (non-hydrogen) atoms. The normalized spacial score (nSPS) is 13.0. The van der Waals surface area contributed by atoms with Crippen molar-refractivity contribution in [2.75, 3.05) is 0 Å². The van der Waals surface area contributed by atoms with Gasteiger partial charge in [-0.2, -0.15) is 0 Å². The first kappa shape index (κ1) is 14.5. The second-order valence-corrected chi connectivity index (χ2v) is 11.3. The zero-order valence-corrected chi connectivity index (χ0v) is 14.0. The van der Waals surface area contributed by atoms with Gasteiger partial charge < -0.3 is 0 Å². The first-order valence-electron chi connectivity index (χ1n) is 7.32. The van der Waals surface area contributed by atoms with Crippen molar-refractivity contribution in [3.63, 3.8) is 0 Å². The molecule has 0 saturated carbocycles. The Bertz CT molecular complexity index is 861. The van der Waals surface area contributed by atoms with Crippen LogP contribution >= 0.6 is 0 Å². The zero-order valence-electron chi connectivity index (χ0n) is 13.0. The summed E-state index contributed by atoms with van der Waals surface area (Å²) >= 11 is 0. The van der Waals surface area contributed by atoms with E-state index in [4.69, 9.17) is 10.8 Å². The average molecular weight is 302 g/mol. The third-order valence-electron chi connectivity index (χ3n) is 3.62. The molecule has 0 aromatic heterocycles. The molecule has 0 heterocycles. The largest absolute Gasteiger partial charge is 0.300 e. The molecule has 2 aromatic rings. The Balaban J connectivity index is 2.23. The van der Waals surface area contributed by atoms with Crippen LogP contribution in [-0.4, -0.2) is 19.5 Å². The fourth-order valence-electron chi connectivity index (χ4n) is 2.59. The van der Waals surface area contributed by atoms with Crippen LogP contribution in [0.2, 0.25) is 19.6 Å². The van der Waals surface area contributed by atoms with E-state index in [1.807, 2.05) is 42.5 Å². The summed E-state index contributed by atoms with van der Waals surface area (Å²) < 4.78 is 0. The van der Waals surface area contributed by atoms with Gasteiger partial charge in [0.2, 0.25) is 0 Å². The van der Waals surface area contributed by atoms with Crippen molar-refractivity contribution in [3.05, 3.63) is 70.3 Å². The monoisotopic (exact) mass is 302 g/mol. The number of hydrogen-bond donors (Lipinski definition) is 2. The molecule has 0 radical (unpaired) electrons. The number of benzene rings is 2. The molecule has 1 aliphatic carbocycles. The van der Waals surface area contributed by atoms with E-state index in [-0.39, 0.29) is 0 Å². The Morgan fingerprint density at radius 1 is 0.773 bits per heavy atom. The summed E-state index contributed by atoms with van der Waals surface area (Å²) in [7, 11) is -1.48. The molecular formula is C19H18N2Si. The summed E-state index contributed by atoms with van der Waals surface area (Å²) in [6.45, 7) is 6.62. The van der Waals surface area contributed by atoms with Crippen molar-refractivity contribution in [2.24, 2.45) is 0 Å². The average Bonchev–Trinajstić information content (AvgIpc) is 2.49. The Kier molecular flexibility index (Phi) is 3.35. The van der Waals surface area contributed by atoms with Crippen molar-refractivity contribution in [1.29, 1.82) is 10.8 Å². The second-order valence-electron chi connectivity index (χ2n) is 6.52. The lowest BCUT2D eigenvalue weighted by molar-refractivity contribution is 1.36. The van der Waals surface area contributed by atoms with E-state index >= 15 is 0 Å². The predicted molar refractivity (Wildman–Crippen MR) is 95.0 cm³/mol. The smallest absolute Gasteiger partial charge is 0.129 e. The van der Waals surface area contributed by atoms with Gasteiger partial charge in [0, 0.05) is 27.8 Å². The molecule has 3 heteroatoms. The molecule has 108 valence electrons. The van der Waals surface area contributed by atoms with Crippen LogP contribution in [0.15, 0.2) is 42.5 Å². The highest BCUT2D eigenvalue weighted by molar-refractivity contribution is 6.83. The van der Waals surface area contributed by atoms with E-state index in [1.54, 1.807) is 0 Å². The van der Waals surface area contributed by atoms with Crippen LogP contribution in [0.5, 0.6) is 0 Å². The van der Waals surface area contributed by atoms with Crippen LogP contribution in [0.4, 0.5) is 0 Å². The molecule has 0 aliphatic heterocycles. The highest BCUT2D eigenvalue weighted by Crippen LogP contribution is 2.29. The van der Waals surface area contributed by atoms with Gasteiger partial charge in [-0.15, -0.1) is 5.54 Å². The van der Waals surface area contributed by atoms with Gasteiger partial charge >= 0.3 is 0 Å².